The summed E-state index contributed by atoms with van der Waals surface area (Å²) in [5.74, 6) is -0.237. The fourth-order valence-electron chi connectivity index (χ4n) is 4.91. The zero-order chi connectivity index (χ0) is 27.8. The van der Waals surface area contributed by atoms with Crippen LogP contribution in [0.2, 0.25) is 0 Å². The first-order chi connectivity index (χ1) is 19.4. The largest absolute Gasteiger partial charge is 0.368 e. The van der Waals surface area contributed by atoms with Crippen LogP contribution < -0.4 is 16.6 Å². The van der Waals surface area contributed by atoms with Gasteiger partial charge in [0.05, 0.1) is 28.8 Å². The molecule has 8 nitrogen and oxygen atoms in total. The summed E-state index contributed by atoms with van der Waals surface area (Å²) in [5.41, 5.74) is 8.91. The lowest BCUT2D eigenvalue weighted by molar-refractivity contribution is 0.625. The molecule has 6 rings (SSSR count). The summed E-state index contributed by atoms with van der Waals surface area (Å²) in [6.45, 7) is 1.83. The van der Waals surface area contributed by atoms with Crippen molar-refractivity contribution in [2.45, 2.75) is 13.0 Å². The molecule has 3 aromatic heterocycles. The van der Waals surface area contributed by atoms with Crippen LogP contribution in [0.25, 0.3) is 38.5 Å². The van der Waals surface area contributed by atoms with E-state index in [1.54, 1.807) is 18.3 Å². The van der Waals surface area contributed by atoms with Crippen molar-refractivity contribution in [3.8, 4) is 22.9 Å². The monoisotopic (exact) mass is 527 g/mol. The van der Waals surface area contributed by atoms with Gasteiger partial charge < -0.3 is 11.1 Å². The van der Waals surface area contributed by atoms with Gasteiger partial charge in [-0.15, -0.1) is 0 Å². The second-order valence-electron chi connectivity index (χ2n) is 9.34. The molecule has 3 N–H and O–H groups in total. The number of pyridine rings is 2. The van der Waals surface area contributed by atoms with Crippen LogP contribution in [0.4, 0.5) is 16.2 Å². The number of halogens is 1. The number of para-hydroxylation sites is 1. The highest BCUT2D eigenvalue weighted by Gasteiger charge is 2.20. The molecule has 0 aliphatic carbocycles. The lowest BCUT2D eigenvalue weighted by Gasteiger charge is -2.22. The molecule has 3 aromatic carbocycles. The standard InChI is InChI=1S/C31H22FN7O/c1-18(37-29-22(15-33)17-36-31(34)38-29)27-13-20-7-4-10-25(21-12-19-6-2-3-11-26(19)35-16-21)28(20)30(40)39(27)24-9-5-8-23(32)14-24/h2-14,16-18H,1H3,(H3,34,36,37,38). The lowest BCUT2D eigenvalue weighted by Crippen LogP contribution is -2.26. The number of fused-ring (bicyclic) bond motifs is 2. The summed E-state index contributed by atoms with van der Waals surface area (Å²) < 4.78 is 15.9. The highest BCUT2D eigenvalue weighted by molar-refractivity contribution is 5.98. The number of nitrogen functional groups attached to an aromatic ring is 1. The highest BCUT2D eigenvalue weighted by Crippen LogP contribution is 2.31. The van der Waals surface area contributed by atoms with Gasteiger partial charge >= 0.3 is 0 Å². The van der Waals surface area contributed by atoms with E-state index in [1.165, 1.54) is 22.9 Å². The Kier molecular flexibility index (Phi) is 6.13. The van der Waals surface area contributed by atoms with E-state index < -0.39 is 11.9 Å². The Morgan fingerprint density at radius 1 is 0.975 bits per heavy atom. The zero-order valence-corrected chi connectivity index (χ0v) is 21.3. The Morgan fingerprint density at radius 2 is 1.77 bits per heavy atom. The van der Waals surface area contributed by atoms with Gasteiger partial charge in [0, 0.05) is 22.8 Å². The summed E-state index contributed by atoms with van der Waals surface area (Å²) in [6.07, 6.45) is 3.09. The van der Waals surface area contributed by atoms with Gasteiger partial charge in [-0.2, -0.15) is 10.2 Å². The third kappa shape index (κ3) is 4.37. The summed E-state index contributed by atoms with van der Waals surface area (Å²) >= 11 is 0. The Balaban J connectivity index is 1.59. The second-order valence-corrected chi connectivity index (χ2v) is 9.34. The number of anilines is 2. The van der Waals surface area contributed by atoms with Crippen molar-refractivity contribution in [2.75, 3.05) is 11.1 Å². The molecule has 1 unspecified atom stereocenters. The molecule has 3 heterocycles. The maximum atomic E-state index is 14.4. The van der Waals surface area contributed by atoms with Gasteiger partial charge in [0.2, 0.25) is 5.95 Å². The fourth-order valence-corrected chi connectivity index (χ4v) is 4.91. The lowest BCUT2D eigenvalue weighted by atomic mass is 9.98. The molecule has 0 radical (unpaired) electrons. The number of nitrogens with zero attached hydrogens (tertiary/aromatic N) is 5. The van der Waals surface area contributed by atoms with Crippen molar-refractivity contribution in [1.29, 1.82) is 5.26 Å². The van der Waals surface area contributed by atoms with Crippen LogP contribution >= 0.6 is 0 Å². The number of rotatable bonds is 5. The highest BCUT2D eigenvalue weighted by atomic mass is 19.1. The maximum absolute atomic E-state index is 14.4. The first kappa shape index (κ1) is 24.7. The van der Waals surface area contributed by atoms with E-state index in [2.05, 4.69) is 20.3 Å². The van der Waals surface area contributed by atoms with Gasteiger partial charge in [0.15, 0.2) is 0 Å². The van der Waals surface area contributed by atoms with Crippen molar-refractivity contribution in [3.05, 3.63) is 119 Å². The molecule has 6 aromatic rings. The quantitative estimate of drug-likeness (QED) is 0.292. The minimum absolute atomic E-state index is 0.00312. The van der Waals surface area contributed by atoms with E-state index in [9.17, 15) is 14.4 Å². The molecule has 0 aliphatic heterocycles. The van der Waals surface area contributed by atoms with Gasteiger partial charge in [-0.3, -0.25) is 14.3 Å². The van der Waals surface area contributed by atoms with Crippen molar-refractivity contribution >= 4 is 33.4 Å². The smallest absolute Gasteiger partial charge is 0.263 e. The normalized spacial score (nSPS) is 11.8. The van der Waals surface area contributed by atoms with Crippen LogP contribution in [0.5, 0.6) is 0 Å². The van der Waals surface area contributed by atoms with Gasteiger partial charge in [-0.1, -0.05) is 42.5 Å². The van der Waals surface area contributed by atoms with E-state index in [0.29, 0.717) is 27.7 Å². The molecular weight excluding hydrogens is 505 g/mol. The van der Waals surface area contributed by atoms with Crippen molar-refractivity contribution in [2.24, 2.45) is 0 Å². The fraction of sp³-hybridized carbons (Fsp3) is 0.0645. The molecule has 0 spiro atoms. The van der Waals surface area contributed by atoms with Crippen molar-refractivity contribution in [1.82, 2.24) is 19.5 Å². The first-order valence-corrected chi connectivity index (χ1v) is 12.5. The Labute approximate surface area is 228 Å². The summed E-state index contributed by atoms with van der Waals surface area (Å²) in [6, 6.07) is 24.7. The Hall–Kier alpha value is -5.62. The van der Waals surface area contributed by atoms with E-state index in [4.69, 9.17) is 5.73 Å². The maximum Gasteiger partial charge on any atom is 0.263 e. The van der Waals surface area contributed by atoms with Crippen LogP contribution in [-0.4, -0.2) is 19.5 Å². The molecule has 0 aliphatic rings. The molecule has 0 bridgehead atoms. The summed E-state index contributed by atoms with van der Waals surface area (Å²) in [7, 11) is 0. The number of hydrogen-bond donors (Lipinski definition) is 2. The Bertz CT molecular complexity index is 2030. The van der Waals surface area contributed by atoms with Crippen LogP contribution in [0.15, 0.2) is 96.1 Å². The van der Waals surface area contributed by atoms with Crippen LogP contribution in [-0.2, 0) is 0 Å². The van der Waals surface area contributed by atoms with Gasteiger partial charge in [0.1, 0.15) is 23.3 Å². The molecule has 194 valence electrons. The topological polar surface area (TPSA) is 123 Å². The van der Waals surface area contributed by atoms with Crippen LogP contribution in [0.3, 0.4) is 0 Å². The van der Waals surface area contributed by atoms with Crippen molar-refractivity contribution < 1.29 is 4.39 Å². The van der Waals surface area contributed by atoms with E-state index in [0.717, 1.165) is 16.5 Å². The average Bonchev–Trinajstić information content (AvgIpc) is 2.96. The third-order valence-electron chi connectivity index (χ3n) is 6.77. The predicted octanol–water partition coefficient (Wildman–Crippen LogP) is 5.76. The number of aromatic nitrogens is 4. The number of nitrogens with two attached hydrogens (primary N) is 1. The van der Waals surface area contributed by atoms with Gasteiger partial charge in [0.25, 0.3) is 5.56 Å². The number of hydrogen-bond acceptors (Lipinski definition) is 7. The summed E-state index contributed by atoms with van der Waals surface area (Å²) in [4.78, 5) is 27.0. The first-order valence-electron chi connectivity index (χ1n) is 12.5. The Morgan fingerprint density at radius 3 is 2.60 bits per heavy atom. The van der Waals surface area contributed by atoms with Gasteiger partial charge in [-0.25, -0.2) is 9.37 Å². The van der Waals surface area contributed by atoms with Gasteiger partial charge in [-0.05, 0) is 54.3 Å². The average molecular weight is 528 g/mol. The molecule has 0 saturated carbocycles. The van der Waals surface area contributed by atoms with E-state index in [-0.39, 0.29) is 22.9 Å². The van der Waals surface area contributed by atoms with E-state index in [1.807, 2.05) is 67.6 Å². The SMILES string of the molecule is CC(Nc1nc(N)ncc1C#N)c1cc2cccc(-c3cnc4ccccc4c3)c2c(=O)n1-c1cccc(F)c1. The number of benzene rings is 3. The second kappa shape index (κ2) is 9.93. The molecule has 9 heteroatoms. The van der Waals surface area contributed by atoms with E-state index >= 15 is 0 Å². The molecule has 0 saturated heterocycles. The number of nitriles is 1. The zero-order valence-electron chi connectivity index (χ0n) is 21.3. The number of nitrogens with one attached hydrogen (secondary N) is 1. The predicted molar refractivity (Wildman–Crippen MR) is 153 cm³/mol. The molecule has 1 atom stereocenters. The summed E-state index contributed by atoms with van der Waals surface area (Å²) in [5, 5.41) is 14.9. The third-order valence-corrected chi connectivity index (χ3v) is 6.77. The molecule has 40 heavy (non-hydrogen) atoms. The molecular formula is C31H22FN7O. The van der Waals surface area contributed by atoms with Crippen LogP contribution in [0.1, 0.15) is 24.2 Å². The van der Waals surface area contributed by atoms with Crippen LogP contribution in [0, 0.1) is 17.1 Å². The minimum atomic E-state index is -0.534. The molecule has 0 amide bonds. The molecule has 0 fully saturated rings. The minimum Gasteiger partial charge on any atom is -0.368 e. The van der Waals surface area contributed by atoms with Crippen molar-refractivity contribution in [3.63, 3.8) is 0 Å².